The predicted octanol–water partition coefficient (Wildman–Crippen LogP) is 8.15. The highest BCUT2D eigenvalue weighted by atomic mass is 127. The van der Waals surface area contributed by atoms with Crippen LogP contribution in [-0.2, 0) is 22.7 Å². The molecule has 1 fully saturated rings. The number of nitrogens with zero attached hydrogens (tertiary/aromatic N) is 3. The maximum absolute atomic E-state index is 13.7. The van der Waals surface area contributed by atoms with Crippen LogP contribution in [0.5, 0.6) is 0 Å². The van der Waals surface area contributed by atoms with Crippen LogP contribution in [0.15, 0.2) is 56.9 Å². The van der Waals surface area contributed by atoms with Gasteiger partial charge < -0.3 is 14.0 Å². The van der Waals surface area contributed by atoms with E-state index in [2.05, 4.69) is 75.8 Å². The van der Waals surface area contributed by atoms with Gasteiger partial charge in [-0.1, -0.05) is 67.7 Å². The van der Waals surface area contributed by atoms with E-state index in [0.29, 0.717) is 19.8 Å². The molecule has 2 heterocycles. The smallest absolute Gasteiger partial charge is 0.256 e. The molecule has 212 valence electrons. The lowest BCUT2D eigenvalue weighted by molar-refractivity contribution is -0.131. The molecule has 5 rings (SSSR count). The van der Waals surface area contributed by atoms with Gasteiger partial charge in [0, 0.05) is 46.1 Å². The zero-order valence-corrected chi connectivity index (χ0v) is 26.4. The van der Waals surface area contributed by atoms with E-state index in [1.54, 1.807) is 0 Å². The Hall–Kier alpha value is -2.37. The molecule has 0 unspecified atom stereocenters. The molecule has 0 bridgehead atoms. The second-order valence-corrected chi connectivity index (χ2v) is 12.3. The first kappa shape index (κ1) is 29.1. The Morgan fingerprint density at radius 2 is 1.95 bits per heavy atom. The SMILES string of the molecule is CCCCC1=NC2(CCCC2)C(=O)N1Cc1ccc(-c2ccccc2SNc2noc(I)c2C)c(COCC)c1. The van der Waals surface area contributed by atoms with Crippen LogP contribution in [0.3, 0.4) is 0 Å². The van der Waals surface area contributed by atoms with E-state index in [1.165, 1.54) is 11.9 Å². The number of aromatic nitrogens is 1. The van der Waals surface area contributed by atoms with Gasteiger partial charge in [-0.3, -0.25) is 14.7 Å². The van der Waals surface area contributed by atoms with Gasteiger partial charge in [0.25, 0.3) is 5.91 Å². The Labute approximate surface area is 254 Å². The van der Waals surface area contributed by atoms with E-state index >= 15 is 0 Å². The number of anilines is 1. The van der Waals surface area contributed by atoms with Gasteiger partial charge in [0.1, 0.15) is 11.4 Å². The fraction of sp³-hybridized carbons (Fsp3) is 0.452. The summed E-state index contributed by atoms with van der Waals surface area (Å²) in [7, 11) is 0. The summed E-state index contributed by atoms with van der Waals surface area (Å²) in [6, 6.07) is 14.9. The predicted molar refractivity (Wildman–Crippen MR) is 169 cm³/mol. The number of hydrogen-bond acceptors (Lipinski definition) is 7. The van der Waals surface area contributed by atoms with Crippen molar-refractivity contribution in [1.29, 1.82) is 0 Å². The highest BCUT2D eigenvalue weighted by molar-refractivity contribution is 14.1. The van der Waals surface area contributed by atoms with Crippen molar-refractivity contribution in [3.63, 3.8) is 0 Å². The summed E-state index contributed by atoms with van der Waals surface area (Å²) in [5.74, 6) is 1.89. The molecule has 2 aliphatic rings. The van der Waals surface area contributed by atoms with Crippen molar-refractivity contribution in [3.8, 4) is 11.1 Å². The molecule has 1 aliphatic carbocycles. The zero-order chi connectivity index (χ0) is 28.1. The Balaban J connectivity index is 1.42. The average Bonchev–Trinajstić information content (AvgIpc) is 3.65. The number of carbonyl (C=O) groups is 1. The summed E-state index contributed by atoms with van der Waals surface area (Å²) in [5.41, 5.74) is 4.92. The van der Waals surface area contributed by atoms with Crippen molar-refractivity contribution in [2.24, 2.45) is 4.99 Å². The third kappa shape index (κ3) is 6.11. The standard InChI is InChI=1S/C31H37IN4O3S/c1-4-6-13-27-33-31(16-9-10-17-31)30(37)36(27)19-22-14-15-24(23(18-22)20-38-5-2)25-11-7-8-12-26(25)40-35-29-21(3)28(32)39-34-29/h7-8,11-12,14-15,18H,4-6,9-10,13,16-17,19-20H2,1-3H3,(H,34,35). The van der Waals surface area contributed by atoms with Crippen molar-refractivity contribution in [3.05, 3.63) is 62.9 Å². The third-order valence-corrected chi connectivity index (χ3v) is 9.63. The average molecular weight is 673 g/mol. The molecular weight excluding hydrogens is 635 g/mol. The highest BCUT2D eigenvalue weighted by Crippen LogP contribution is 2.41. The molecule has 9 heteroatoms. The monoisotopic (exact) mass is 672 g/mol. The quantitative estimate of drug-likeness (QED) is 0.155. The van der Waals surface area contributed by atoms with Gasteiger partial charge in [0.05, 0.1) is 13.2 Å². The van der Waals surface area contributed by atoms with Crippen LogP contribution in [0.25, 0.3) is 11.1 Å². The maximum atomic E-state index is 13.7. The summed E-state index contributed by atoms with van der Waals surface area (Å²) in [4.78, 5) is 21.8. The fourth-order valence-corrected chi connectivity index (χ4v) is 6.70. The molecule has 1 N–H and O–H groups in total. The number of carbonyl (C=O) groups excluding carboxylic acids is 1. The first-order valence-corrected chi connectivity index (χ1v) is 16.1. The van der Waals surface area contributed by atoms with Crippen LogP contribution >= 0.6 is 34.5 Å². The molecule has 0 atom stereocenters. The van der Waals surface area contributed by atoms with E-state index in [0.717, 1.165) is 93.1 Å². The minimum Gasteiger partial charge on any atom is -0.377 e. The summed E-state index contributed by atoms with van der Waals surface area (Å²) in [5, 5.41) is 4.13. The van der Waals surface area contributed by atoms with Crippen LogP contribution in [0, 0.1) is 10.7 Å². The number of benzene rings is 2. The number of unbranched alkanes of at least 4 members (excludes halogenated alkanes) is 1. The minimum absolute atomic E-state index is 0.192. The van der Waals surface area contributed by atoms with E-state index in [-0.39, 0.29) is 5.91 Å². The maximum Gasteiger partial charge on any atom is 0.256 e. The molecule has 2 aromatic carbocycles. The van der Waals surface area contributed by atoms with Gasteiger partial charge >= 0.3 is 0 Å². The number of aliphatic imine (C=N–C) groups is 1. The number of hydrogen-bond donors (Lipinski definition) is 1. The van der Waals surface area contributed by atoms with Gasteiger partial charge in [0.15, 0.2) is 5.82 Å². The lowest BCUT2D eigenvalue weighted by Gasteiger charge is -2.23. The summed E-state index contributed by atoms with van der Waals surface area (Å²) in [6.45, 7) is 7.87. The normalized spacial score (nSPS) is 16.2. The molecule has 1 amide bonds. The van der Waals surface area contributed by atoms with Crippen LogP contribution in [0.2, 0.25) is 0 Å². The Morgan fingerprint density at radius 3 is 2.67 bits per heavy atom. The van der Waals surface area contributed by atoms with E-state index in [1.807, 2.05) is 24.8 Å². The van der Waals surface area contributed by atoms with E-state index < -0.39 is 5.54 Å². The second kappa shape index (κ2) is 13.1. The Kier molecular flexibility index (Phi) is 9.53. The van der Waals surface area contributed by atoms with Crippen molar-refractivity contribution in [2.75, 3.05) is 11.3 Å². The van der Waals surface area contributed by atoms with Crippen LogP contribution in [0.1, 0.15) is 75.5 Å². The van der Waals surface area contributed by atoms with Crippen molar-refractivity contribution < 1.29 is 14.1 Å². The van der Waals surface area contributed by atoms with Crippen LogP contribution in [0.4, 0.5) is 5.82 Å². The number of amidine groups is 1. The number of ether oxygens (including phenoxy) is 1. The molecule has 40 heavy (non-hydrogen) atoms. The first-order valence-electron chi connectivity index (χ1n) is 14.2. The lowest BCUT2D eigenvalue weighted by atomic mass is 9.96. The summed E-state index contributed by atoms with van der Waals surface area (Å²) in [6.07, 6.45) is 6.91. The number of amides is 1. The number of rotatable bonds is 12. The minimum atomic E-state index is -0.513. The molecule has 1 aliphatic heterocycles. The molecule has 1 spiro atoms. The Morgan fingerprint density at radius 1 is 1.15 bits per heavy atom. The number of nitrogens with one attached hydrogen (secondary N) is 1. The molecular formula is C31H37IN4O3S. The largest absolute Gasteiger partial charge is 0.377 e. The zero-order valence-electron chi connectivity index (χ0n) is 23.5. The van der Waals surface area contributed by atoms with Gasteiger partial charge in [-0.2, -0.15) is 0 Å². The third-order valence-electron chi connectivity index (χ3n) is 7.76. The summed E-state index contributed by atoms with van der Waals surface area (Å²) < 4.78 is 15.4. The number of halogens is 1. The van der Waals surface area contributed by atoms with Crippen molar-refractivity contribution >= 4 is 52.1 Å². The van der Waals surface area contributed by atoms with Crippen LogP contribution < -0.4 is 4.72 Å². The second-order valence-electron chi connectivity index (χ2n) is 10.5. The fourth-order valence-electron chi connectivity index (χ4n) is 5.51. The summed E-state index contributed by atoms with van der Waals surface area (Å²) >= 11 is 3.67. The molecule has 3 aromatic rings. The Bertz CT molecular complexity index is 1380. The van der Waals surface area contributed by atoms with Gasteiger partial charge in [-0.15, -0.1) is 0 Å². The molecule has 0 radical (unpaired) electrons. The van der Waals surface area contributed by atoms with Crippen LogP contribution in [-0.4, -0.2) is 33.9 Å². The highest BCUT2D eigenvalue weighted by Gasteiger charge is 2.49. The van der Waals surface area contributed by atoms with E-state index in [4.69, 9.17) is 14.3 Å². The van der Waals surface area contributed by atoms with Gasteiger partial charge in [-0.25, -0.2) is 0 Å². The molecule has 1 aromatic heterocycles. The van der Waals surface area contributed by atoms with Crippen molar-refractivity contribution in [2.45, 2.75) is 89.3 Å². The molecule has 7 nitrogen and oxygen atoms in total. The van der Waals surface area contributed by atoms with Gasteiger partial charge in [-0.05, 0) is 73.4 Å². The molecule has 0 saturated heterocycles. The van der Waals surface area contributed by atoms with Gasteiger partial charge in [0.2, 0.25) is 3.77 Å². The molecule has 1 saturated carbocycles. The van der Waals surface area contributed by atoms with E-state index in [9.17, 15) is 4.79 Å². The lowest BCUT2D eigenvalue weighted by Crippen LogP contribution is -2.40. The first-order chi connectivity index (χ1) is 19.5. The van der Waals surface area contributed by atoms with Crippen molar-refractivity contribution in [1.82, 2.24) is 10.1 Å². The topological polar surface area (TPSA) is 80.0 Å².